The van der Waals surface area contributed by atoms with E-state index in [4.69, 9.17) is 0 Å². The van der Waals surface area contributed by atoms with Crippen LogP contribution in [0.4, 0.5) is 0 Å². The Morgan fingerprint density at radius 3 is 2.56 bits per heavy atom. The molecule has 0 aromatic heterocycles. The highest BCUT2D eigenvalue weighted by Crippen LogP contribution is 2.25. The molecule has 0 aliphatic carbocycles. The molecule has 16 heavy (non-hydrogen) atoms. The van der Waals surface area contributed by atoms with Crippen molar-refractivity contribution in [3.63, 3.8) is 0 Å². The Balaban J connectivity index is 2.51. The zero-order valence-corrected chi connectivity index (χ0v) is 11.4. The standard InChI is InChI=1S/C12H25NO2S/c1-3-5-6-8-12-9-7-10-13(12)16(14,15)11-4-2/h12H,3-11H2,1-2H3. The first-order chi connectivity index (χ1) is 7.61. The molecule has 4 heteroatoms. The van der Waals surface area contributed by atoms with Crippen LogP contribution in [0.2, 0.25) is 0 Å². The van der Waals surface area contributed by atoms with Crippen LogP contribution in [0.5, 0.6) is 0 Å². The second-order valence-electron chi connectivity index (χ2n) is 4.72. The summed E-state index contributed by atoms with van der Waals surface area (Å²) in [7, 11) is -2.96. The Morgan fingerprint density at radius 1 is 1.19 bits per heavy atom. The van der Waals surface area contributed by atoms with Crippen LogP contribution in [0.1, 0.15) is 58.8 Å². The highest BCUT2D eigenvalue weighted by atomic mass is 32.2. The van der Waals surface area contributed by atoms with Gasteiger partial charge in [-0.1, -0.05) is 33.1 Å². The fourth-order valence-corrected chi connectivity index (χ4v) is 4.29. The van der Waals surface area contributed by atoms with Gasteiger partial charge in [0.05, 0.1) is 5.75 Å². The molecule has 0 bridgehead atoms. The van der Waals surface area contributed by atoms with Crippen molar-refractivity contribution >= 4 is 10.0 Å². The number of rotatable bonds is 7. The van der Waals surface area contributed by atoms with E-state index in [1.54, 1.807) is 4.31 Å². The van der Waals surface area contributed by atoms with E-state index in [0.717, 1.165) is 32.2 Å². The molecule has 1 aliphatic rings. The van der Waals surface area contributed by atoms with Crippen molar-refractivity contribution in [2.24, 2.45) is 0 Å². The fraction of sp³-hybridized carbons (Fsp3) is 1.00. The van der Waals surface area contributed by atoms with Crippen molar-refractivity contribution in [2.45, 2.75) is 64.8 Å². The summed E-state index contributed by atoms with van der Waals surface area (Å²) in [5.41, 5.74) is 0. The molecular weight excluding hydrogens is 222 g/mol. The van der Waals surface area contributed by atoms with Gasteiger partial charge in [0.2, 0.25) is 10.0 Å². The molecule has 0 aromatic carbocycles. The first-order valence-corrected chi connectivity index (χ1v) is 8.22. The third-order valence-electron chi connectivity index (χ3n) is 3.28. The van der Waals surface area contributed by atoms with Crippen LogP contribution in [-0.2, 0) is 10.0 Å². The Labute approximate surface area is 100 Å². The van der Waals surface area contributed by atoms with Gasteiger partial charge >= 0.3 is 0 Å². The first kappa shape index (κ1) is 14.0. The quantitative estimate of drug-likeness (QED) is 0.649. The van der Waals surface area contributed by atoms with Gasteiger partial charge in [0.1, 0.15) is 0 Å². The zero-order valence-electron chi connectivity index (χ0n) is 10.6. The SMILES string of the molecule is CCCCCC1CCCN1S(=O)(=O)CCC. The topological polar surface area (TPSA) is 37.4 Å². The minimum atomic E-state index is -2.96. The molecular formula is C12H25NO2S. The molecule has 3 nitrogen and oxygen atoms in total. The molecule has 0 saturated carbocycles. The molecule has 1 atom stereocenters. The van der Waals surface area contributed by atoms with Gasteiger partial charge in [-0.3, -0.25) is 0 Å². The van der Waals surface area contributed by atoms with Crippen LogP contribution in [0, 0.1) is 0 Å². The smallest absolute Gasteiger partial charge is 0.212 e. The van der Waals surface area contributed by atoms with Gasteiger partial charge in [0.25, 0.3) is 0 Å². The molecule has 0 aromatic rings. The van der Waals surface area contributed by atoms with Gasteiger partial charge < -0.3 is 0 Å². The van der Waals surface area contributed by atoms with Crippen molar-refractivity contribution in [3.8, 4) is 0 Å². The van der Waals surface area contributed by atoms with E-state index in [9.17, 15) is 8.42 Å². The van der Waals surface area contributed by atoms with Crippen molar-refractivity contribution in [1.82, 2.24) is 4.31 Å². The molecule has 1 rings (SSSR count). The molecule has 1 fully saturated rings. The molecule has 1 aliphatic heterocycles. The second kappa shape index (κ2) is 6.60. The molecule has 0 spiro atoms. The maximum atomic E-state index is 12.0. The Kier molecular flexibility index (Phi) is 5.76. The summed E-state index contributed by atoms with van der Waals surface area (Å²) in [6.07, 6.45) is 7.47. The predicted molar refractivity (Wildman–Crippen MR) is 67.9 cm³/mol. The van der Waals surface area contributed by atoms with Gasteiger partial charge in [0.15, 0.2) is 0 Å². The molecule has 0 amide bonds. The Hall–Kier alpha value is -0.0900. The monoisotopic (exact) mass is 247 g/mol. The lowest BCUT2D eigenvalue weighted by atomic mass is 10.1. The van der Waals surface area contributed by atoms with Gasteiger partial charge in [-0.05, 0) is 25.7 Å². The molecule has 0 N–H and O–H groups in total. The number of nitrogens with zero attached hydrogens (tertiary/aromatic N) is 1. The van der Waals surface area contributed by atoms with Crippen LogP contribution in [-0.4, -0.2) is 31.1 Å². The largest absolute Gasteiger partial charge is 0.214 e. The van der Waals surface area contributed by atoms with E-state index in [-0.39, 0.29) is 0 Å². The normalized spacial score (nSPS) is 22.8. The Morgan fingerprint density at radius 2 is 1.94 bits per heavy atom. The average Bonchev–Trinajstić information content (AvgIpc) is 2.67. The van der Waals surface area contributed by atoms with E-state index < -0.39 is 10.0 Å². The van der Waals surface area contributed by atoms with Gasteiger partial charge in [-0.2, -0.15) is 4.31 Å². The lowest BCUT2D eigenvalue weighted by molar-refractivity contribution is 0.361. The van der Waals surface area contributed by atoms with Crippen LogP contribution in [0.15, 0.2) is 0 Å². The van der Waals surface area contributed by atoms with Gasteiger partial charge in [0, 0.05) is 12.6 Å². The lowest BCUT2D eigenvalue weighted by Crippen LogP contribution is -2.36. The maximum Gasteiger partial charge on any atom is 0.214 e. The third-order valence-corrected chi connectivity index (χ3v) is 5.40. The minimum absolute atomic E-state index is 0.295. The molecule has 1 unspecified atom stereocenters. The van der Waals surface area contributed by atoms with Gasteiger partial charge in [-0.15, -0.1) is 0 Å². The highest BCUT2D eigenvalue weighted by molar-refractivity contribution is 7.89. The summed E-state index contributed by atoms with van der Waals surface area (Å²) in [5.74, 6) is 0.317. The van der Waals surface area contributed by atoms with E-state index in [1.165, 1.54) is 19.3 Å². The number of hydrogen-bond donors (Lipinski definition) is 0. The average molecular weight is 247 g/mol. The highest BCUT2D eigenvalue weighted by Gasteiger charge is 2.32. The fourth-order valence-electron chi connectivity index (χ4n) is 2.47. The lowest BCUT2D eigenvalue weighted by Gasteiger charge is -2.23. The summed E-state index contributed by atoms with van der Waals surface area (Å²) in [6.45, 7) is 4.86. The van der Waals surface area contributed by atoms with E-state index in [1.807, 2.05) is 6.92 Å². The van der Waals surface area contributed by atoms with E-state index in [0.29, 0.717) is 11.8 Å². The summed E-state index contributed by atoms with van der Waals surface area (Å²) >= 11 is 0. The van der Waals surface area contributed by atoms with E-state index >= 15 is 0 Å². The second-order valence-corrected chi connectivity index (χ2v) is 6.76. The number of sulfonamides is 1. The summed E-state index contributed by atoms with van der Waals surface area (Å²) in [6, 6.07) is 0.295. The molecule has 96 valence electrons. The molecule has 1 heterocycles. The predicted octanol–water partition coefficient (Wildman–Crippen LogP) is 2.77. The summed E-state index contributed by atoms with van der Waals surface area (Å²) in [4.78, 5) is 0. The Bertz CT molecular complexity index is 287. The molecule has 1 saturated heterocycles. The number of unbranched alkanes of at least 4 members (excludes halogenated alkanes) is 2. The maximum absolute atomic E-state index is 12.0. The first-order valence-electron chi connectivity index (χ1n) is 6.61. The third kappa shape index (κ3) is 3.74. The van der Waals surface area contributed by atoms with Crippen LogP contribution >= 0.6 is 0 Å². The minimum Gasteiger partial charge on any atom is -0.212 e. The summed E-state index contributed by atoms with van der Waals surface area (Å²) < 4.78 is 25.8. The van der Waals surface area contributed by atoms with E-state index in [2.05, 4.69) is 6.92 Å². The number of hydrogen-bond acceptors (Lipinski definition) is 2. The van der Waals surface area contributed by atoms with Crippen molar-refractivity contribution in [2.75, 3.05) is 12.3 Å². The molecule has 0 radical (unpaired) electrons. The van der Waals surface area contributed by atoms with Crippen molar-refractivity contribution < 1.29 is 8.42 Å². The van der Waals surface area contributed by atoms with Crippen LogP contribution in [0.25, 0.3) is 0 Å². The van der Waals surface area contributed by atoms with Crippen molar-refractivity contribution in [1.29, 1.82) is 0 Å². The van der Waals surface area contributed by atoms with Gasteiger partial charge in [-0.25, -0.2) is 8.42 Å². The van der Waals surface area contributed by atoms with Crippen LogP contribution < -0.4 is 0 Å². The van der Waals surface area contributed by atoms with Crippen LogP contribution in [0.3, 0.4) is 0 Å². The zero-order chi connectivity index (χ0) is 12.0. The summed E-state index contributed by atoms with van der Waals surface area (Å²) in [5, 5.41) is 0. The van der Waals surface area contributed by atoms with Crippen molar-refractivity contribution in [3.05, 3.63) is 0 Å².